The van der Waals surface area contributed by atoms with Gasteiger partial charge < -0.3 is 10.5 Å². The van der Waals surface area contributed by atoms with Crippen molar-refractivity contribution in [1.82, 2.24) is 5.32 Å². The number of urea groups is 1. The number of hydrogen-bond donors (Lipinski definition) is 2. The van der Waals surface area contributed by atoms with Crippen LogP contribution in [0.4, 0.5) is 4.79 Å². The summed E-state index contributed by atoms with van der Waals surface area (Å²) in [5, 5.41) is 2.04. The van der Waals surface area contributed by atoms with Crippen LogP contribution in [0.25, 0.3) is 0 Å². The van der Waals surface area contributed by atoms with Crippen LogP contribution in [0.1, 0.15) is 19.8 Å². The normalized spacial score (nSPS) is 11.6. The van der Waals surface area contributed by atoms with Crippen LogP contribution < -0.4 is 11.1 Å². The lowest BCUT2D eigenvalue weighted by Crippen LogP contribution is -2.35. The third-order valence-electron chi connectivity index (χ3n) is 1.68. The number of amides is 3. The van der Waals surface area contributed by atoms with Crippen molar-refractivity contribution in [2.45, 2.75) is 25.0 Å². The molecule has 3 N–H and O–H groups in total. The molecule has 7 heteroatoms. The molecule has 16 heavy (non-hydrogen) atoms. The monoisotopic (exact) mass is 248 g/mol. The Morgan fingerprint density at radius 3 is 2.56 bits per heavy atom. The number of hydrogen-bond acceptors (Lipinski definition) is 5. The molecule has 0 aliphatic rings. The number of methoxy groups -OCH3 is 1. The van der Waals surface area contributed by atoms with Crippen molar-refractivity contribution in [3.05, 3.63) is 0 Å². The summed E-state index contributed by atoms with van der Waals surface area (Å²) in [4.78, 5) is 32.2. The Morgan fingerprint density at radius 2 is 2.06 bits per heavy atom. The summed E-state index contributed by atoms with van der Waals surface area (Å²) in [6, 6.07) is -0.849. The molecule has 0 aliphatic carbocycles. The maximum absolute atomic E-state index is 11.0. The largest absolute Gasteiger partial charge is 0.469 e. The Labute approximate surface area is 98.3 Å². The molecule has 1 unspecified atom stereocenters. The summed E-state index contributed by atoms with van der Waals surface area (Å²) < 4.78 is 4.51. The van der Waals surface area contributed by atoms with E-state index >= 15 is 0 Å². The molecule has 92 valence electrons. The van der Waals surface area contributed by atoms with Crippen molar-refractivity contribution in [3.63, 3.8) is 0 Å². The third-order valence-corrected chi connectivity index (χ3v) is 2.85. The molecule has 0 fully saturated rings. The second-order valence-electron chi connectivity index (χ2n) is 3.12. The van der Waals surface area contributed by atoms with Crippen molar-refractivity contribution in [2.24, 2.45) is 5.73 Å². The molecule has 0 rings (SSSR count). The lowest BCUT2D eigenvalue weighted by Gasteiger charge is -2.08. The maximum Gasteiger partial charge on any atom is 0.318 e. The molecule has 6 nitrogen and oxygen atoms in total. The Morgan fingerprint density at radius 1 is 1.44 bits per heavy atom. The summed E-state index contributed by atoms with van der Waals surface area (Å²) in [6.45, 7) is 1.87. The van der Waals surface area contributed by atoms with Gasteiger partial charge in [-0.25, -0.2) is 4.79 Å². The SMILES string of the molecule is COC(=O)CC(C)SCCC(=O)NC(N)=O. The first-order valence-corrected chi connectivity index (χ1v) is 5.78. The van der Waals surface area contributed by atoms with Gasteiger partial charge in [0.15, 0.2) is 0 Å². The number of nitrogens with one attached hydrogen (secondary N) is 1. The van der Waals surface area contributed by atoms with Gasteiger partial charge in [0.1, 0.15) is 0 Å². The van der Waals surface area contributed by atoms with Gasteiger partial charge in [-0.2, -0.15) is 11.8 Å². The zero-order chi connectivity index (χ0) is 12.6. The van der Waals surface area contributed by atoms with E-state index in [2.05, 4.69) is 4.74 Å². The van der Waals surface area contributed by atoms with Crippen LogP contribution in [-0.4, -0.2) is 36.0 Å². The van der Waals surface area contributed by atoms with Crippen LogP contribution in [0.15, 0.2) is 0 Å². The predicted octanol–water partition coefficient (Wildman–Crippen LogP) is 0.256. The molecular weight excluding hydrogens is 232 g/mol. The zero-order valence-electron chi connectivity index (χ0n) is 9.32. The van der Waals surface area contributed by atoms with Crippen molar-refractivity contribution in [1.29, 1.82) is 0 Å². The first-order valence-electron chi connectivity index (χ1n) is 4.73. The number of carbonyl (C=O) groups is 3. The van der Waals surface area contributed by atoms with Crippen LogP contribution in [0.3, 0.4) is 0 Å². The Kier molecular flexibility index (Phi) is 7.36. The molecule has 0 heterocycles. The molecular formula is C9H16N2O4S. The number of nitrogens with two attached hydrogens (primary N) is 1. The number of imide groups is 1. The van der Waals surface area contributed by atoms with Gasteiger partial charge in [-0.05, 0) is 0 Å². The number of thioether (sulfide) groups is 1. The van der Waals surface area contributed by atoms with Crippen LogP contribution in [0, 0.1) is 0 Å². The molecule has 0 bridgehead atoms. The standard InChI is InChI=1S/C9H16N2O4S/c1-6(5-8(13)15-2)16-4-3-7(12)11-9(10)14/h6H,3-5H2,1-2H3,(H3,10,11,12,14). The fourth-order valence-corrected chi connectivity index (χ4v) is 1.89. The highest BCUT2D eigenvalue weighted by Gasteiger charge is 2.10. The van der Waals surface area contributed by atoms with Crippen LogP contribution >= 0.6 is 11.8 Å². The number of esters is 1. The average Bonchev–Trinajstić information content (AvgIpc) is 2.16. The van der Waals surface area contributed by atoms with Crippen molar-refractivity contribution in [3.8, 4) is 0 Å². The lowest BCUT2D eigenvalue weighted by molar-refractivity contribution is -0.140. The van der Waals surface area contributed by atoms with E-state index in [1.54, 1.807) is 0 Å². The smallest absolute Gasteiger partial charge is 0.318 e. The predicted molar refractivity (Wildman–Crippen MR) is 60.9 cm³/mol. The minimum atomic E-state index is -0.849. The summed E-state index contributed by atoms with van der Waals surface area (Å²) >= 11 is 1.46. The third kappa shape index (κ3) is 8.10. The average molecular weight is 248 g/mol. The second-order valence-corrected chi connectivity index (χ2v) is 4.67. The Balaban J connectivity index is 3.61. The highest BCUT2D eigenvalue weighted by atomic mass is 32.2. The highest BCUT2D eigenvalue weighted by molar-refractivity contribution is 7.99. The lowest BCUT2D eigenvalue weighted by atomic mass is 10.3. The summed E-state index contributed by atoms with van der Waals surface area (Å²) in [6.07, 6.45) is 0.498. The van der Waals surface area contributed by atoms with E-state index < -0.39 is 11.9 Å². The first-order chi connectivity index (χ1) is 7.45. The van der Waals surface area contributed by atoms with Crippen molar-refractivity contribution >= 4 is 29.7 Å². The Hall–Kier alpha value is -1.24. The minimum Gasteiger partial charge on any atom is -0.469 e. The molecule has 1 atom stereocenters. The van der Waals surface area contributed by atoms with E-state index in [1.807, 2.05) is 12.2 Å². The molecule has 0 aromatic carbocycles. The number of ether oxygens (including phenoxy) is 1. The molecule has 0 saturated heterocycles. The number of rotatable bonds is 6. The van der Waals surface area contributed by atoms with Gasteiger partial charge in [-0.1, -0.05) is 6.92 Å². The topological polar surface area (TPSA) is 98.5 Å². The van der Waals surface area contributed by atoms with Gasteiger partial charge in [0, 0.05) is 17.4 Å². The molecule has 0 aromatic rings. The van der Waals surface area contributed by atoms with E-state index in [0.29, 0.717) is 12.2 Å². The van der Waals surface area contributed by atoms with Crippen LogP contribution in [-0.2, 0) is 14.3 Å². The second kappa shape index (κ2) is 7.98. The van der Waals surface area contributed by atoms with Gasteiger partial charge in [0.25, 0.3) is 0 Å². The quantitative estimate of drug-likeness (QED) is 0.657. The van der Waals surface area contributed by atoms with Gasteiger partial charge in [0.2, 0.25) is 5.91 Å². The fourth-order valence-electron chi connectivity index (χ4n) is 0.930. The van der Waals surface area contributed by atoms with Gasteiger partial charge in [-0.3, -0.25) is 14.9 Å². The molecule has 0 saturated carbocycles. The first kappa shape index (κ1) is 14.8. The van der Waals surface area contributed by atoms with Gasteiger partial charge >= 0.3 is 12.0 Å². The van der Waals surface area contributed by atoms with Crippen molar-refractivity contribution < 1.29 is 19.1 Å². The molecule has 0 radical (unpaired) electrons. The summed E-state index contributed by atoms with van der Waals surface area (Å²) in [5.41, 5.74) is 4.77. The number of primary amides is 1. The van der Waals surface area contributed by atoms with Crippen LogP contribution in [0.2, 0.25) is 0 Å². The van der Waals surface area contributed by atoms with Crippen LogP contribution in [0.5, 0.6) is 0 Å². The maximum atomic E-state index is 11.0. The molecule has 0 spiro atoms. The summed E-state index contributed by atoms with van der Waals surface area (Å²) in [7, 11) is 1.33. The van der Waals surface area contributed by atoms with E-state index in [1.165, 1.54) is 18.9 Å². The van der Waals surface area contributed by atoms with Gasteiger partial charge in [0.05, 0.1) is 13.5 Å². The van der Waals surface area contributed by atoms with E-state index in [-0.39, 0.29) is 17.6 Å². The van der Waals surface area contributed by atoms with Crippen molar-refractivity contribution in [2.75, 3.05) is 12.9 Å². The highest BCUT2D eigenvalue weighted by Crippen LogP contribution is 2.15. The fraction of sp³-hybridized carbons (Fsp3) is 0.667. The van der Waals surface area contributed by atoms with E-state index in [9.17, 15) is 14.4 Å². The molecule has 0 aromatic heterocycles. The number of carbonyl (C=O) groups excluding carboxylic acids is 3. The minimum absolute atomic E-state index is 0.0776. The van der Waals surface area contributed by atoms with Gasteiger partial charge in [-0.15, -0.1) is 0 Å². The zero-order valence-corrected chi connectivity index (χ0v) is 10.1. The molecule has 0 aliphatic heterocycles. The van der Waals surface area contributed by atoms with E-state index in [0.717, 1.165) is 0 Å². The Bertz CT molecular complexity index is 270. The van der Waals surface area contributed by atoms with E-state index in [4.69, 9.17) is 5.73 Å². The molecule has 3 amide bonds. The summed E-state index contributed by atoms with van der Waals surface area (Å²) in [5.74, 6) is -0.163.